The second-order valence-electron chi connectivity index (χ2n) is 5.61. The fourth-order valence-electron chi connectivity index (χ4n) is 2.45. The van der Waals surface area contributed by atoms with Crippen molar-refractivity contribution in [1.29, 1.82) is 0 Å². The lowest BCUT2D eigenvalue weighted by molar-refractivity contribution is 0.101. The van der Waals surface area contributed by atoms with E-state index in [4.69, 9.17) is 0 Å². The zero-order valence-corrected chi connectivity index (χ0v) is 13.7. The first kappa shape index (κ1) is 16.4. The molecule has 0 unspecified atom stereocenters. The summed E-state index contributed by atoms with van der Waals surface area (Å²) in [5, 5.41) is 22.5. The highest BCUT2D eigenvalue weighted by Crippen LogP contribution is 2.28. The number of anilines is 1. The van der Waals surface area contributed by atoms with E-state index in [-0.39, 0.29) is 11.5 Å². The fourth-order valence-corrected chi connectivity index (χ4v) is 2.45. The Labute approximate surface area is 144 Å². The SMILES string of the molecule is Cc1cc(C)cc(NC(=O)c2nc(-c3ccccn3)nc(O)c2O)c1. The van der Waals surface area contributed by atoms with Crippen LogP contribution in [0.4, 0.5) is 5.69 Å². The number of hydrogen-bond donors (Lipinski definition) is 3. The van der Waals surface area contributed by atoms with Gasteiger partial charge in [-0.3, -0.25) is 9.78 Å². The molecule has 0 aliphatic rings. The molecule has 1 amide bonds. The van der Waals surface area contributed by atoms with Crippen LogP contribution in [0.25, 0.3) is 11.5 Å². The first-order valence-electron chi connectivity index (χ1n) is 7.55. The van der Waals surface area contributed by atoms with Crippen LogP contribution < -0.4 is 5.32 Å². The summed E-state index contributed by atoms with van der Waals surface area (Å²) in [7, 11) is 0. The van der Waals surface area contributed by atoms with Crippen LogP contribution in [0.3, 0.4) is 0 Å². The smallest absolute Gasteiger partial charge is 0.278 e. The highest BCUT2D eigenvalue weighted by atomic mass is 16.3. The summed E-state index contributed by atoms with van der Waals surface area (Å²) in [6.07, 6.45) is 1.54. The third kappa shape index (κ3) is 3.55. The van der Waals surface area contributed by atoms with Gasteiger partial charge in [0.1, 0.15) is 5.69 Å². The predicted octanol–water partition coefficient (Wildman–Crippen LogP) is 2.82. The number of amides is 1. The molecule has 3 rings (SSSR count). The van der Waals surface area contributed by atoms with Crippen LogP contribution in [0.15, 0.2) is 42.6 Å². The largest absolute Gasteiger partial charge is 0.501 e. The molecular weight excluding hydrogens is 320 g/mol. The Hall–Kier alpha value is -3.48. The second kappa shape index (κ2) is 6.56. The molecule has 0 bridgehead atoms. The number of aromatic hydroxyl groups is 2. The minimum atomic E-state index is -0.679. The van der Waals surface area contributed by atoms with E-state index in [2.05, 4.69) is 20.3 Å². The minimum Gasteiger partial charge on any atom is -0.501 e. The van der Waals surface area contributed by atoms with Crippen LogP contribution in [-0.2, 0) is 0 Å². The summed E-state index contributed by atoms with van der Waals surface area (Å²) in [4.78, 5) is 24.4. The van der Waals surface area contributed by atoms with Crippen LogP contribution in [-0.4, -0.2) is 31.1 Å². The van der Waals surface area contributed by atoms with Crippen molar-refractivity contribution in [3.05, 3.63) is 59.4 Å². The van der Waals surface area contributed by atoms with Crippen LogP contribution >= 0.6 is 0 Å². The van der Waals surface area contributed by atoms with Gasteiger partial charge in [-0.2, -0.15) is 4.98 Å². The van der Waals surface area contributed by atoms with E-state index < -0.39 is 17.5 Å². The van der Waals surface area contributed by atoms with E-state index >= 15 is 0 Å². The van der Waals surface area contributed by atoms with E-state index in [0.717, 1.165) is 11.1 Å². The topological polar surface area (TPSA) is 108 Å². The molecule has 0 fully saturated rings. The number of benzene rings is 1. The van der Waals surface area contributed by atoms with Gasteiger partial charge in [0.05, 0.1) is 0 Å². The maximum atomic E-state index is 12.5. The van der Waals surface area contributed by atoms with Crippen LogP contribution in [0.2, 0.25) is 0 Å². The number of carbonyl (C=O) groups is 1. The lowest BCUT2D eigenvalue weighted by Crippen LogP contribution is -2.15. The molecule has 25 heavy (non-hydrogen) atoms. The number of pyridine rings is 1. The van der Waals surface area contributed by atoms with Crippen molar-refractivity contribution in [3.63, 3.8) is 0 Å². The van der Waals surface area contributed by atoms with Gasteiger partial charge >= 0.3 is 0 Å². The van der Waals surface area contributed by atoms with Crippen LogP contribution in [0.1, 0.15) is 21.6 Å². The highest BCUT2D eigenvalue weighted by Gasteiger charge is 2.21. The number of carbonyl (C=O) groups excluding carboxylic acids is 1. The van der Waals surface area contributed by atoms with Crippen molar-refractivity contribution in [1.82, 2.24) is 15.0 Å². The molecule has 126 valence electrons. The van der Waals surface area contributed by atoms with Gasteiger partial charge in [0.15, 0.2) is 11.5 Å². The molecule has 3 N–H and O–H groups in total. The number of rotatable bonds is 3. The van der Waals surface area contributed by atoms with E-state index in [1.165, 1.54) is 6.20 Å². The number of nitrogens with zero attached hydrogens (tertiary/aromatic N) is 3. The lowest BCUT2D eigenvalue weighted by atomic mass is 10.1. The average Bonchev–Trinajstić information content (AvgIpc) is 2.57. The lowest BCUT2D eigenvalue weighted by Gasteiger charge is -2.10. The Morgan fingerprint density at radius 2 is 1.76 bits per heavy atom. The maximum absolute atomic E-state index is 12.5. The highest BCUT2D eigenvalue weighted by molar-refractivity contribution is 6.05. The fraction of sp³-hybridized carbons (Fsp3) is 0.111. The zero-order valence-electron chi connectivity index (χ0n) is 13.7. The second-order valence-corrected chi connectivity index (χ2v) is 5.61. The van der Waals surface area contributed by atoms with Gasteiger partial charge in [0.2, 0.25) is 5.75 Å². The zero-order chi connectivity index (χ0) is 18.0. The molecule has 2 aromatic heterocycles. The Morgan fingerprint density at radius 1 is 1.04 bits per heavy atom. The Bertz CT molecular complexity index is 922. The number of aromatic nitrogens is 3. The molecule has 7 heteroatoms. The van der Waals surface area contributed by atoms with E-state index in [1.54, 1.807) is 30.3 Å². The molecule has 0 aliphatic heterocycles. The molecule has 3 aromatic rings. The van der Waals surface area contributed by atoms with E-state index in [9.17, 15) is 15.0 Å². The third-order valence-corrected chi connectivity index (χ3v) is 3.45. The van der Waals surface area contributed by atoms with E-state index in [1.807, 2.05) is 19.9 Å². The quantitative estimate of drug-likeness (QED) is 0.679. The number of aryl methyl sites for hydroxylation is 2. The minimum absolute atomic E-state index is 0.0430. The van der Waals surface area contributed by atoms with Gasteiger partial charge in [0, 0.05) is 11.9 Å². The van der Waals surface area contributed by atoms with Gasteiger partial charge in [-0.05, 0) is 49.2 Å². The third-order valence-electron chi connectivity index (χ3n) is 3.45. The van der Waals surface area contributed by atoms with Gasteiger partial charge < -0.3 is 15.5 Å². The molecule has 7 nitrogen and oxygen atoms in total. The van der Waals surface area contributed by atoms with Crippen molar-refractivity contribution in [3.8, 4) is 23.1 Å². The van der Waals surface area contributed by atoms with Gasteiger partial charge in [-0.1, -0.05) is 12.1 Å². The summed E-state index contributed by atoms with van der Waals surface area (Å²) in [5.41, 5.74) is 2.59. The first-order chi connectivity index (χ1) is 11.9. The molecule has 0 saturated heterocycles. The number of hydrogen-bond acceptors (Lipinski definition) is 6. The molecule has 0 saturated carbocycles. The molecule has 0 aliphatic carbocycles. The van der Waals surface area contributed by atoms with Gasteiger partial charge in [-0.25, -0.2) is 4.98 Å². The number of nitrogens with one attached hydrogen (secondary N) is 1. The van der Waals surface area contributed by atoms with E-state index in [0.29, 0.717) is 11.4 Å². The summed E-state index contributed by atoms with van der Waals surface area (Å²) < 4.78 is 0. The summed E-state index contributed by atoms with van der Waals surface area (Å²) in [6, 6.07) is 10.6. The predicted molar refractivity (Wildman–Crippen MR) is 92.5 cm³/mol. The maximum Gasteiger partial charge on any atom is 0.278 e. The van der Waals surface area contributed by atoms with Crippen LogP contribution in [0, 0.1) is 13.8 Å². The Morgan fingerprint density at radius 3 is 2.40 bits per heavy atom. The normalized spacial score (nSPS) is 10.5. The van der Waals surface area contributed by atoms with Crippen molar-refractivity contribution in [2.24, 2.45) is 0 Å². The van der Waals surface area contributed by atoms with Crippen molar-refractivity contribution >= 4 is 11.6 Å². The molecule has 2 heterocycles. The standard InChI is InChI=1S/C18H16N4O3/c1-10-7-11(2)9-12(8-10)20-17(24)14-15(23)18(25)22-16(21-14)13-5-3-4-6-19-13/h3-9,23H,1-2H3,(H,20,24)(H,21,22,25). The van der Waals surface area contributed by atoms with Gasteiger partial charge in [-0.15, -0.1) is 0 Å². The van der Waals surface area contributed by atoms with Crippen molar-refractivity contribution in [2.75, 3.05) is 5.32 Å². The Kier molecular flexibility index (Phi) is 4.30. The molecule has 0 spiro atoms. The summed E-state index contributed by atoms with van der Waals surface area (Å²) >= 11 is 0. The Balaban J connectivity index is 1.98. The summed E-state index contributed by atoms with van der Waals surface area (Å²) in [5.74, 6) is -1.97. The van der Waals surface area contributed by atoms with Crippen molar-refractivity contribution in [2.45, 2.75) is 13.8 Å². The monoisotopic (exact) mass is 336 g/mol. The molecular formula is C18H16N4O3. The van der Waals surface area contributed by atoms with Crippen molar-refractivity contribution < 1.29 is 15.0 Å². The average molecular weight is 336 g/mol. The summed E-state index contributed by atoms with van der Waals surface area (Å²) in [6.45, 7) is 3.83. The van der Waals surface area contributed by atoms with Crippen LogP contribution in [0.5, 0.6) is 11.6 Å². The van der Waals surface area contributed by atoms with Gasteiger partial charge in [0.25, 0.3) is 11.8 Å². The molecule has 1 aromatic carbocycles. The first-order valence-corrected chi connectivity index (χ1v) is 7.55. The molecule has 0 radical (unpaired) electrons. The molecule has 0 atom stereocenters.